The lowest BCUT2D eigenvalue weighted by Gasteiger charge is -2.58. The molecule has 80 heavy (non-hydrogen) atoms. The monoisotopic (exact) mass is 1110 g/mol. The molecule has 0 aliphatic heterocycles. The third-order valence-corrected chi connectivity index (χ3v) is 25.0. The molecule has 8 nitrogen and oxygen atoms in total. The lowest BCUT2D eigenvalue weighted by atomic mass is 9.47. The van der Waals surface area contributed by atoms with Crippen molar-refractivity contribution in [2.75, 3.05) is 13.1 Å². The number of hydrogen-bond donors (Lipinski definition) is 2. The summed E-state index contributed by atoms with van der Waals surface area (Å²) in [6, 6.07) is 0. The zero-order valence-electron chi connectivity index (χ0n) is 53.1. The fourth-order valence-corrected chi connectivity index (χ4v) is 20.4. The highest BCUT2D eigenvalue weighted by atomic mass is 16.5. The molecule has 0 aromatic carbocycles. The van der Waals surface area contributed by atoms with Gasteiger partial charge < -0.3 is 20.1 Å². The lowest BCUT2D eigenvalue weighted by Crippen LogP contribution is -2.51. The molecule has 2 N–H and O–H groups in total. The number of carbonyl (C=O) groups excluding carboxylic acids is 4. The van der Waals surface area contributed by atoms with E-state index in [2.05, 4.69) is 92.0 Å². The second-order valence-electron chi connectivity index (χ2n) is 30.8. The van der Waals surface area contributed by atoms with Crippen LogP contribution >= 0.6 is 0 Å². The molecule has 0 radical (unpaired) electrons. The standard InChI is InChI=1S/C72H120N2O6/c1-49(2)21-19-23-51(5)59-29-31-61-57-27-25-53-47-55(37-41-69(53,7)63(57)39-43-71(59,61)9)79-67(77)35-33-65(75)73-45-17-15-13-11-12-14-16-18-46-74-66(76)34-36-68(78)80-56-38-42-70(8)54(48-56)26-28-58-62-32-30-60(52(6)24-20-22-50(3)4)72(62,10)44-40-64(58)70/h25-26,49-52,55-64H,11-24,27-48H2,1-10H3,(H,73,75)(H,74,76)/t51-,52-,55?,56?,57+,58+,59-,60-,61+,62+,63+,64+,69+,70+,71-,72-/m1/s1. The van der Waals surface area contributed by atoms with Crippen molar-refractivity contribution < 1.29 is 28.7 Å². The summed E-state index contributed by atoms with van der Waals surface area (Å²) in [4.78, 5) is 51.3. The van der Waals surface area contributed by atoms with Crippen LogP contribution in [0.3, 0.4) is 0 Å². The van der Waals surface area contributed by atoms with Gasteiger partial charge in [-0.3, -0.25) is 19.2 Å². The van der Waals surface area contributed by atoms with Crippen LogP contribution in [0.15, 0.2) is 23.3 Å². The lowest BCUT2D eigenvalue weighted by molar-refractivity contribution is -0.153. The van der Waals surface area contributed by atoms with E-state index in [0.29, 0.717) is 23.9 Å². The van der Waals surface area contributed by atoms with Crippen LogP contribution in [-0.2, 0) is 28.7 Å². The Labute approximate surface area is 489 Å². The summed E-state index contributed by atoms with van der Waals surface area (Å²) in [6.45, 7) is 26.3. The first-order valence-electron chi connectivity index (χ1n) is 34.6. The van der Waals surface area contributed by atoms with Crippen molar-refractivity contribution in [1.82, 2.24) is 10.6 Å². The first-order valence-corrected chi connectivity index (χ1v) is 34.6. The molecule has 16 atom stereocenters. The molecule has 8 heteroatoms. The summed E-state index contributed by atoms with van der Waals surface area (Å²) in [5, 5.41) is 6.06. The molecule has 0 bridgehead atoms. The van der Waals surface area contributed by atoms with Gasteiger partial charge in [0.15, 0.2) is 0 Å². The van der Waals surface area contributed by atoms with Crippen molar-refractivity contribution in [3.05, 3.63) is 23.3 Å². The molecule has 8 aliphatic rings. The fourth-order valence-electron chi connectivity index (χ4n) is 20.4. The van der Waals surface area contributed by atoms with Gasteiger partial charge >= 0.3 is 11.9 Å². The van der Waals surface area contributed by atoms with E-state index in [0.717, 1.165) is 148 Å². The maximum atomic E-state index is 13.0. The average molecular weight is 1110 g/mol. The minimum Gasteiger partial charge on any atom is -0.462 e. The van der Waals surface area contributed by atoms with Crippen LogP contribution < -0.4 is 10.6 Å². The number of nitrogens with one attached hydrogen (secondary N) is 2. The molecule has 8 rings (SSSR count). The van der Waals surface area contributed by atoms with Crippen LogP contribution in [0.2, 0.25) is 0 Å². The van der Waals surface area contributed by atoms with Gasteiger partial charge in [-0.15, -0.1) is 0 Å². The van der Waals surface area contributed by atoms with Crippen LogP contribution in [0, 0.1) is 92.7 Å². The number of hydrogen-bond acceptors (Lipinski definition) is 6. The number of carbonyl (C=O) groups is 4. The summed E-state index contributed by atoms with van der Waals surface area (Å²) >= 11 is 0. The van der Waals surface area contributed by atoms with Crippen LogP contribution in [0.4, 0.5) is 0 Å². The highest BCUT2D eigenvalue weighted by Gasteiger charge is 2.61. The molecule has 6 fully saturated rings. The molecule has 6 saturated carbocycles. The van der Waals surface area contributed by atoms with Crippen molar-refractivity contribution in [2.24, 2.45) is 92.7 Å². The van der Waals surface area contributed by atoms with E-state index in [1.54, 1.807) is 11.1 Å². The van der Waals surface area contributed by atoms with Gasteiger partial charge in [0.25, 0.3) is 0 Å². The van der Waals surface area contributed by atoms with E-state index in [1.807, 2.05) is 0 Å². The molecular formula is C72H120N2O6. The molecule has 2 unspecified atom stereocenters. The first-order chi connectivity index (χ1) is 38.2. The number of amides is 2. The number of ether oxygens (including phenoxy) is 2. The third-order valence-electron chi connectivity index (χ3n) is 25.0. The van der Waals surface area contributed by atoms with Crippen LogP contribution in [0.25, 0.3) is 0 Å². The average Bonchev–Trinajstić information content (AvgIpc) is 4.10. The van der Waals surface area contributed by atoms with Crippen molar-refractivity contribution in [1.29, 1.82) is 0 Å². The summed E-state index contributed by atoms with van der Waals surface area (Å²) in [5.74, 6) is 9.28. The maximum absolute atomic E-state index is 13.0. The molecule has 8 aliphatic carbocycles. The Morgan fingerprint density at radius 3 is 1.24 bits per heavy atom. The maximum Gasteiger partial charge on any atom is 0.306 e. The topological polar surface area (TPSA) is 111 Å². The van der Waals surface area contributed by atoms with Crippen molar-refractivity contribution >= 4 is 23.8 Å². The minimum absolute atomic E-state index is 0.0582. The van der Waals surface area contributed by atoms with E-state index >= 15 is 0 Å². The van der Waals surface area contributed by atoms with Gasteiger partial charge in [-0.1, -0.05) is 170 Å². The second kappa shape index (κ2) is 28.5. The highest BCUT2D eigenvalue weighted by molar-refractivity contribution is 5.82. The van der Waals surface area contributed by atoms with Gasteiger partial charge in [0.1, 0.15) is 12.2 Å². The highest BCUT2D eigenvalue weighted by Crippen LogP contribution is 2.69. The van der Waals surface area contributed by atoms with E-state index in [1.165, 1.54) is 116 Å². The van der Waals surface area contributed by atoms with Gasteiger partial charge in [-0.25, -0.2) is 0 Å². The van der Waals surface area contributed by atoms with Crippen LogP contribution in [-0.4, -0.2) is 49.1 Å². The molecule has 0 spiro atoms. The molecule has 0 aromatic rings. The van der Waals surface area contributed by atoms with Gasteiger partial charge in [0.05, 0.1) is 12.8 Å². The number of allylic oxidation sites excluding steroid dienone is 2. The van der Waals surface area contributed by atoms with Gasteiger partial charge in [-0.2, -0.15) is 0 Å². The Hall–Kier alpha value is -2.64. The Morgan fingerprint density at radius 2 is 0.850 bits per heavy atom. The Bertz CT molecular complexity index is 1970. The van der Waals surface area contributed by atoms with Gasteiger partial charge in [-0.05, 0) is 195 Å². The molecule has 0 heterocycles. The smallest absolute Gasteiger partial charge is 0.306 e. The molecule has 454 valence electrons. The summed E-state index contributed by atoms with van der Waals surface area (Å²) < 4.78 is 12.1. The Morgan fingerprint density at radius 1 is 0.463 bits per heavy atom. The zero-order valence-corrected chi connectivity index (χ0v) is 53.1. The van der Waals surface area contributed by atoms with Crippen LogP contribution in [0.1, 0.15) is 288 Å². The van der Waals surface area contributed by atoms with Crippen molar-refractivity contribution in [3.63, 3.8) is 0 Å². The minimum atomic E-state index is -0.229. The molecule has 0 saturated heterocycles. The SMILES string of the molecule is CC(C)CCC[C@@H](C)[C@H]1CC[C@H]2[C@@H]3CC=C4CC(OC(=O)CCC(=O)NCCCCCCCCCCNC(=O)CCC(=O)OC5CC[C@@]6(C)C(=CC[C@H]7[C@@H]8CC[C@H]([C@H](C)CCCC(C)C)[C@@]8(C)CC[C@@H]76)C5)CC[C@]4(C)[C@H]3CC[C@]12C. The number of fused-ring (bicyclic) bond motifs is 10. The van der Waals surface area contributed by atoms with E-state index in [4.69, 9.17) is 9.47 Å². The predicted octanol–water partition coefficient (Wildman–Crippen LogP) is 17.8. The second-order valence-corrected chi connectivity index (χ2v) is 30.8. The Kier molecular flexibility index (Phi) is 22.6. The van der Waals surface area contributed by atoms with E-state index < -0.39 is 0 Å². The normalized spacial score (nSPS) is 36.0. The van der Waals surface area contributed by atoms with Gasteiger partial charge in [0, 0.05) is 38.8 Å². The fraction of sp³-hybridized carbons (Fsp3) is 0.889. The quantitative estimate of drug-likeness (QED) is 0.0439. The van der Waals surface area contributed by atoms with Crippen molar-refractivity contribution in [2.45, 2.75) is 300 Å². The van der Waals surface area contributed by atoms with Crippen LogP contribution in [0.5, 0.6) is 0 Å². The molecule has 2 amide bonds. The van der Waals surface area contributed by atoms with Gasteiger partial charge in [0.2, 0.25) is 11.8 Å². The third kappa shape index (κ3) is 15.1. The van der Waals surface area contributed by atoms with E-state index in [9.17, 15) is 19.2 Å². The number of unbranched alkanes of at least 4 members (excludes halogenated alkanes) is 7. The summed E-state index contributed by atoms with van der Waals surface area (Å²) in [6.07, 6.45) is 42.1. The molecule has 0 aromatic heterocycles. The Balaban J connectivity index is 0.610. The van der Waals surface area contributed by atoms with E-state index in [-0.39, 0.29) is 72.5 Å². The zero-order chi connectivity index (χ0) is 57.2. The summed E-state index contributed by atoms with van der Waals surface area (Å²) in [7, 11) is 0. The predicted molar refractivity (Wildman–Crippen MR) is 327 cm³/mol. The number of esters is 2. The molecular weight excluding hydrogens is 989 g/mol. The van der Waals surface area contributed by atoms with Crippen molar-refractivity contribution in [3.8, 4) is 0 Å². The number of rotatable bonds is 29. The summed E-state index contributed by atoms with van der Waals surface area (Å²) in [5.41, 5.74) is 4.55. The first kappa shape index (κ1) is 63.4. The largest absolute Gasteiger partial charge is 0.462 e.